The number of phenols is 1. The fourth-order valence-electron chi connectivity index (χ4n) is 2.97. The summed E-state index contributed by atoms with van der Waals surface area (Å²) in [5, 5.41) is 18.5. The van der Waals surface area contributed by atoms with Gasteiger partial charge < -0.3 is 15.3 Å². The Morgan fingerprint density at radius 1 is 0.952 bits per heavy atom. The average Bonchev–Trinajstić information content (AvgIpc) is 3.07. The number of aryl methyl sites for hydroxylation is 1. The van der Waals surface area contributed by atoms with Crippen molar-refractivity contribution in [1.29, 1.82) is 0 Å². The van der Waals surface area contributed by atoms with Gasteiger partial charge in [0.1, 0.15) is 5.75 Å². The monoisotopic (exact) mass is 276 g/mol. The molecule has 104 valence electrons. The van der Waals surface area contributed by atoms with E-state index in [2.05, 4.69) is 47.5 Å². The molecule has 0 atom stereocenters. The van der Waals surface area contributed by atoms with Crippen LogP contribution in [0.2, 0.25) is 0 Å². The maximum absolute atomic E-state index is 9.81. The van der Waals surface area contributed by atoms with Gasteiger partial charge in [0.15, 0.2) is 0 Å². The Bertz CT molecular complexity index is 901. The minimum atomic E-state index is 0.375. The zero-order valence-electron chi connectivity index (χ0n) is 11.8. The van der Waals surface area contributed by atoms with Crippen molar-refractivity contribution >= 4 is 10.8 Å². The Labute approximate surface area is 122 Å². The van der Waals surface area contributed by atoms with Gasteiger partial charge in [0.25, 0.3) is 0 Å². The van der Waals surface area contributed by atoms with Crippen LogP contribution < -0.4 is 0 Å². The normalized spacial score (nSPS) is 11.5. The molecule has 0 saturated carbocycles. The van der Waals surface area contributed by atoms with E-state index in [1.54, 1.807) is 6.07 Å². The number of hydrogen-bond donors (Lipinski definition) is 3. The maximum Gasteiger partial charge on any atom is 0.118 e. The van der Waals surface area contributed by atoms with E-state index >= 15 is 0 Å². The summed E-state index contributed by atoms with van der Waals surface area (Å²) in [7, 11) is 0. The third-order valence-electron chi connectivity index (χ3n) is 4.14. The largest absolute Gasteiger partial charge is 0.508 e. The lowest BCUT2D eigenvalue weighted by Gasteiger charge is -2.07. The van der Waals surface area contributed by atoms with Crippen molar-refractivity contribution in [2.24, 2.45) is 0 Å². The molecule has 0 amide bonds. The smallest absolute Gasteiger partial charge is 0.118 e. The third kappa shape index (κ3) is 1.82. The molecule has 2 aliphatic rings. The van der Waals surface area contributed by atoms with Crippen LogP contribution in [-0.4, -0.2) is 15.3 Å². The van der Waals surface area contributed by atoms with Gasteiger partial charge in [-0.3, -0.25) is 0 Å². The van der Waals surface area contributed by atoms with Gasteiger partial charge in [-0.25, -0.2) is 0 Å². The van der Waals surface area contributed by atoms with Crippen molar-refractivity contribution in [1.82, 2.24) is 10.2 Å². The summed E-state index contributed by atoms with van der Waals surface area (Å²) in [6.07, 6.45) is 2.81. The number of aromatic amines is 2. The highest BCUT2D eigenvalue weighted by molar-refractivity contribution is 6.02. The predicted molar refractivity (Wildman–Crippen MR) is 85.8 cm³/mol. The molecule has 0 radical (unpaired) electrons. The van der Waals surface area contributed by atoms with Crippen LogP contribution in [0, 0.1) is 0 Å². The summed E-state index contributed by atoms with van der Waals surface area (Å²) in [6.45, 7) is 2.05. The predicted octanol–water partition coefficient (Wildman–Crippen LogP) is 4.54. The number of H-pyrrole nitrogens is 2. The summed E-state index contributed by atoms with van der Waals surface area (Å²) in [6, 6.07) is 14.5. The van der Waals surface area contributed by atoms with Crippen LogP contribution in [0.3, 0.4) is 0 Å². The molecule has 0 aromatic heterocycles. The molecule has 2 aromatic carbocycles. The summed E-state index contributed by atoms with van der Waals surface area (Å²) in [5.74, 6) is 0.375. The van der Waals surface area contributed by atoms with Gasteiger partial charge in [-0.05, 0) is 52.8 Å². The maximum atomic E-state index is 9.81. The third-order valence-corrected chi connectivity index (χ3v) is 4.14. The van der Waals surface area contributed by atoms with Crippen molar-refractivity contribution in [3.63, 3.8) is 0 Å². The number of hydrogen-bond acceptors (Lipinski definition) is 1. The molecular formula is C18H16N2O. The first-order chi connectivity index (χ1) is 10.3. The molecule has 4 rings (SSSR count). The molecule has 0 fully saturated rings. The van der Waals surface area contributed by atoms with Gasteiger partial charge in [0, 0.05) is 17.1 Å². The van der Waals surface area contributed by atoms with Gasteiger partial charge in [-0.1, -0.05) is 25.1 Å². The zero-order valence-corrected chi connectivity index (χ0v) is 11.8. The Kier molecular flexibility index (Phi) is 2.54. The highest BCUT2D eigenvalue weighted by Gasteiger charge is 2.12. The quantitative estimate of drug-likeness (QED) is 0.495. The van der Waals surface area contributed by atoms with Crippen molar-refractivity contribution in [3.05, 3.63) is 54.2 Å². The molecule has 0 saturated heterocycles. The number of nitrogens with one attached hydrogen (secondary N) is 2. The van der Waals surface area contributed by atoms with Crippen LogP contribution in [0.1, 0.15) is 12.5 Å². The minimum absolute atomic E-state index is 0.375. The van der Waals surface area contributed by atoms with E-state index in [0.29, 0.717) is 5.75 Å². The van der Waals surface area contributed by atoms with Crippen molar-refractivity contribution in [3.8, 4) is 28.1 Å². The van der Waals surface area contributed by atoms with Crippen molar-refractivity contribution < 1.29 is 5.11 Å². The van der Waals surface area contributed by atoms with Crippen LogP contribution in [0.4, 0.5) is 0 Å². The lowest BCUT2D eigenvalue weighted by atomic mass is 10.00. The number of aromatic nitrogens is 2. The van der Waals surface area contributed by atoms with Gasteiger partial charge in [-0.15, -0.1) is 0 Å². The molecule has 0 unspecified atom stereocenters. The first-order valence-corrected chi connectivity index (χ1v) is 7.17. The molecule has 3 nitrogen and oxygen atoms in total. The Morgan fingerprint density at radius 2 is 1.71 bits per heavy atom. The van der Waals surface area contributed by atoms with Gasteiger partial charge in [-0.2, -0.15) is 0 Å². The van der Waals surface area contributed by atoms with Crippen LogP contribution in [0.15, 0.2) is 48.7 Å². The van der Waals surface area contributed by atoms with Gasteiger partial charge in [0.2, 0.25) is 0 Å². The van der Waals surface area contributed by atoms with E-state index < -0.39 is 0 Å². The number of benzene rings is 2. The lowest BCUT2D eigenvalue weighted by Crippen LogP contribution is -1.84. The Balaban J connectivity index is 1.88. The first-order valence-electron chi connectivity index (χ1n) is 7.17. The van der Waals surface area contributed by atoms with Gasteiger partial charge in [0.05, 0.1) is 5.69 Å². The number of fused-ring (bicyclic) bond motifs is 3. The van der Waals surface area contributed by atoms with E-state index in [0.717, 1.165) is 23.2 Å². The summed E-state index contributed by atoms with van der Waals surface area (Å²) in [4.78, 5) is 0. The SMILES string of the molecule is CCc1cc(-c2ccc3c4[nH][nH]cc-4cc3c2)ccc1O. The van der Waals surface area contributed by atoms with E-state index in [1.807, 2.05) is 12.3 Å². The second kappa shape index (κ2) is 4.42. The van der Waals surface area contributed by atoms with Crippen LogP contribution in [-0.2, 0) is 6.42 Å². The molecule has 2 aromatic rings. The minimum Gasteiger partial charge on any atom is -0.508 e. The van der Waals surface area contributed by atoms with E-state index in [1.165, 1.54) is 21.9 Å². The number of aromatic hydroxyl groups is 1. The Morgan fingerprint density at radius 3 is 2.57 bits per heavy atom. The highest BCUT2D eigenvalue weighted by atomic mass is 16.3. The lowest BCUT2D eigenvalue weighted by molar-refractivity contribution is 0.469. The topological polar surface area (TPSA) is 51.8 Å². The molecule has 1 heterocycles. The molecule has 0 bridgehead atoms. The molecule has 3 heteroatoms. The van der Waals surface area contributed by atoms with Gasteiger partial charge >= 0.3 is 0 Å². The second-order valence-electron chi connectivity index (χ2n) is 5.39. The van der Waals surface area contributed by atoms with Crippen molar-refractivity contribution in [2.75, 3.05) is 0 Å². The fourth-order valence-corrected chi connectivity index (χ4v) is 2.97. The summed E-state index contributed by atoms with van der Waals surface area (Å²) < 4.78 is 0. The first kappa shape index (κ1) is 12.1. The molecule has 1 aliphatic heterocycles. The number of phenolic OH excluding ortho intramolecular Hbond substituents is 1. The second-order valence-corrected chi connectivity index (χ2v) is 5.39. The fraction of sp³-hybridized carbons (Fsp3) is 0.111. The van der Waals surface area contributed by atoms with Crippen LogP contribution in [0.25, 0.3) is 33.2 Å². The average molecular weight is 276 g/mol. The van der Waals surface area contributed by atoms with Crippen LogP contribution in [0.5, 0.6) is 5.75 Å². The standard InChI is InChI=1S/C18H16N2O/c1-2-11-7-13(4-6-17(11)21)12-3-5-16-14(8-12)9-15-10-19-20-18(15)16/h3-10,19-21H,2H2,1H3. The zero-order chi connectivity index (χ0) is 14.4. The van der Waals surface area contributed by atoms with E-state index in [4.69, 9.17) is 0 Å². The molecule has 1 aliphatic carbocycles. The molecular weight excluding hydrogens is 260 g/mol. The van der Waals surface area contributed by atoms with Crippen LogP contribution >= 0.6 is 0 Å². The Hall–Kier alpha value is -2.68. The van der Waals surface area contributed by atoms with E-state index in [-0.39, 0.29) is 0 Å². The van der Waals surface area contributed by atoms with E-state index in [9.17, 15) is 5.11 Å². The molecule has 3 N–H and O–H groups in total. The molecule has 21 heavy (non-hydrogen) atoms. The summed E-state index contributed by atoms with van der Waals surface area (Å²) >= 11 is 0. The summed E-state index contributed by atoms with van der Waals surface area (Å²) in [5.41, 5.74) is 5.65. The molecule has 0 spiro atoms. The van der Waals surface area contributed by atoms with Crippen molar-refractivity contribution in [2.45, 2.75) is 13.3 Å². The highest BCUT2D eigenvalue weighted by Crippen LogP contribution is 2.35. The number of rotatable bonds is 2.